The van der Waals surface area contributed by atoms with Gasteiger partial charge in [-0.1, -0.05) is 0 Å². The first kappa shape index (κ1) is 22.9. The maximum atomic E-state index is 13.2. The second kappa shape index (κ2) is 9.38. The number of carbonyl (C=O) groups excluding carboxylic acids is 3. The minimum Gasteiger partial charge on any atom is -0.369 e. The SMILES string of the molecule is O=C(c1ccc(F)cc1)c1ccc(N2CCN([C@@H]3CC(=O)N(c4ccc(F)cc4)C3=O)CC2)cc1. The molecule has 0 bridgehead atoms. The number of halogens is 2. The van der Waals surface area contributed by atoms with Gasteiger partial charge in [0.05, 0.1) is 18.2 Å². The van der Waals surface area contributed by atoms with Crippen molar-refractivity contribution in [2.24, 2.45) is 0 Å². The lowest BCUT2D eigenvalue weighted by Gasteiger charge is -2.38. The summed E-state index contributed by atoms with van der Waals surface area (Å²) in [4.78, 5) is 43.5. The molecule has 3 aromatic rings. The standard InChI is InChI=1S/C27H23F2N3O3/c28-20-5-1-18(2-6-20)26(34)19-3-9-22(10-4-19)30-13-15-31(16-14-30)24-17-25(33)32(27(24)35)23-11-7-21(29)8-12-23/h1-12,24H,13-17H2/t24-/m1/s1. The fourth-order valence-electron chi connectivity index (χ4n) is 4.65. The summed E-state index contributed by atoms with van der Waals surface area (Å²) in [6.07, 6.45) is 0.108. The molecule has 2 saturated heterocycles. The van der Waals surface area contributed by atoms with Crippen LogP contribution in [0.4, 0.5) is 20.2 Å². The van der Waals surface area contributed by atoms with Gasteiger partial charge >= 0.3 is 0 Å². The number of amides is 2. The van der Waals surface area contributed by atoms with Gasteiger partial charge < -0.3 is 4.90 Å². The van der Waals surface area contributed by atoms with Crippen LogP contribution in [0.1, 0.15) is 22.3 Å². The molecule has 2 amide bonds. The third-order valence-corrected chi connectivity index (χ3v) is 6.56. The van der Waals surface area contributed by atoms with Crippen molar-refractivity contribution < 1.29 is 23.2 Å². The van der Waals surface area contributed by atoms with Crippen molar-refractivity contribution in [1.82, 2.24) is 4.90 Å². The number of imide groups is 1. The second-order valence-electron chi connectivity index (χ2n) is 8.67. The van der Waals surface area contributed by atoms with E-state index in [2.05, 4.69) is 4.90 Å². The zero-order valence-electron chi connectivity index (χ0n) is 18.9. The van der Waals surface area contributed by atoms with Gasteiger partial charge in [-0.05, 0) is 72.8 Å². The summed E-state index contributed by atoms with van der Waals surface area (Å²) in [6.45, 7) is 2.55. The van der Waals surface area contributed by atoms with Crippen LogP contribution in [0.3, 0.4) is 0 Å². The highest BCUT2D eigenvalue weighted by atomic mass is 19.1. The van der Waals surface area contributed by atoms with Crippen molar-refractivity contribution in [3.05, 3.63) is 95.6 Å². The van der Waals surface area contributed by atoms with Crippen molar-refractivity contribution in [2.45, 2.75) is 12.5 Å². The molecule has 2 aliphatic rings. The smallest absolute Gasteiger partial charge is 0.251 e. The van der Waals surface area contributed by atoms with Crippen LogP contribution >= 0.6 is 0 Å². The summed E-state index contributed by atoms with van der Waals surface area (Å²) < 4.78 is 26.4. The summed E-state index contributed by atoms with van der Waals surface area (Å²) in [5, 5.41) is 0. The fourth-order valence-corrected chi connectivity index (χ4v) is 4.65. The van der Waals surface area contributed by atoms with Crippen LogP contribution in [0.5, 0.6) is 0 Å². The topological polar surface area (TPSA) is 60.9 Å². The molecule has 178 valence electrons. The Hall–Kier alpha value is -3.91. The summed E-state index contributed by atoms with van der Waals surface area (Å²) >= 11 is 0. The molecule has 3 aromatic carbocycles. The molecule has 1 atom stereocenters. The molecule has 0 saturated carbocycles. The van der Waals surface area contributed by atoms with E-state index in [1.54, 1.807) is 12.1 Å². The molecule has 0 spiro atoms. The molecule has 2 fully saturated rings. The van der Waals surface area contributed by atoms with Gasteiger partial charge in [0, 0.05) is 43.0 Å². The average molecular weight is 475 g/mol. The molecule has 0 radical (unpaired) electrons. The predicted molar refractivity (Wildman–Crippen MR) is 127 cm³/mol. The Morgan fingerprint density at radius 3 is 1.74 bits per heavy atom. The summed E-state index contributed by atoms with van der Waals surface area (Å²) in [7, 11) is 0. The molecule has 0 N–H and O–H groups in total. The highest BCUT2D eigenvalue weighted by Gasteiger charge is 2.43. The Morgan fingerprint density at radius 2 is 1.17 bits per heavy atom. The number of nitrogens with zero attached hydrogens (tertiary/aromatic N) is 3. The van der Waals surface area contributed by atoms with Crippen LogP contribution in [-0.2, 0) is 9.59 Å². The van der Waals surface area contributed by atoms with Gasteiger partial charge in [-0.15, -0.1) is 0 Å². The van der Waals surface area contributed by atoms with Gasteiger partial charge in [0.15, 0.2) is 5.78 Å². The Kier molecular flexibility index (Phi) is 6.13. The molecule has 35 heavy (non-hydrogen) atoms. The van der Waals surface area contributed by atoms with E-state index < -0.39 is 11.9 Å². The molecule has 2 aliphatic heterocycles. The quantitative estimate of drug-likeness (QED) is 0.417. The summed E-state index contributed by atoms with van der Waals surface area (Å²) in [5.41, 5.74) is 2.30. The van der Waals surface area contributed by atoms with Crippen molar-refractivity contribution in [1.29, 1.82) is 0 Å². The van der Waals surface area contributed by atoms with Gasteiger partial charge in [-0.25, -0.2) is 13.7 Å². The molecule has 2 heterocycles. The second-order valence-corrected chi connectivity index (χ2v) is 8.67. The maximum Gasteiger partial charge on any atom is 0.251 e. The van der Waals surface area contributed by atoms with E-state index in [0.717, 1.165) is 10.6 Å². The number of rotatable bonds is 5. The van der Waals surface area contributed by atoms with E-state index in [9.17, 15) is 23.2 Å². The maximum absolute atomic E-state index is 13.2. The van der Waals surface area contributed by atoms with Crippen LogP contribution in [0.25, 0.3) is 0 Å². The third-order valence-electron chi connectivity index (χ3n) is 6.56. The molecule has 5 rings (SSSR count). The number of anilines is 2. The molecule has 0 aromatic heterocycles. The number of hydrogen-bond acceptors (Lipinski definition) is 5. The molecule has 8 heteroatoms. The molecule has 0 unspecified atom stereocenters. The largest absolute Gasteiger partial charge is 0.369 e. The molecule has 0 aliphatic carbocycles. The number of benzene rings is 3. The van der Waals surface area contributed by atoms with E-state index in [1.807, 2.05) is 17.0 Å². The molecular weight excluding hydrogens is 452 g/mol. The zero-order valence-corrected chi connectivity index (χ0v) is 18.9. The van der Waals surface area contributed by atoms with Crippen LogP contribution < -0.4 is 9.80 Å². The van der Waals surface area contributed by atoms with E-state index >= 15 is 0 Å². The Labute approximate surface area is 201 Å². The van der Waals surface area contributed by atoms with Gasteiger partial charge in [0.1, 0.15) is 11.6 Å². The van der Waals surface area contributed by atoms with Crippen LogP contribution in [0, 0.1) is 11.6 Å². The fraction of sp³-hybridized carbons (Fsp3) is 0.222. The lowest BCUT2D eigenvalue weighted by molar-refractivity contribution is -0.123. The number of hydrogen-bond donors (Lipinski definition) is 0. The highest BCUT2D eigenvalue weighted by molar-refractivity contribution is 6.22. The highest BCUT2D eigenvalue weighted by Crippen LogP contribution is 2.27. The first-order chi connectivity index (χ1) is 16.9. The van der Waals surface area contributed by atoms with Crippen molar-refractivity contribution in [3.8, 4) is 0 Å². The first-order valence-corrected chi connectivity index (χ1v) is 11.4. The Balaban J connectivity index is 1.21. The first-order valence-electron chi connectivity index (χ1n) is 11.4. The lowest BCUT2D eigenvalue weighted by Crippen LogP contribution is -2.52. The third kappa shape index (κ3) is 4.57. The normalized spacial score (nSPS) is 18.9. The van der Waals surface area contributed by atoms with Crippen LogP contribution in [-0.4, -0.2) is 54.7 Å². The van der Waals surface area contributed by atoms with E-state index in [-0.39, 0.29) is 29.8 Å². The zero-order chi connectivity index (χ0) is 24.5. The minimum atomic E-state index is -0.523. The Morgan fingerprint density at radius 1 is 0.686 bits per heavy atom. The molecular formula is C27H23F2N3O3. The number of carbonyl (C=O) groups is 3. The number of ketones is 1. The van der Waals surface area contributed by atoms with Crippen molar-refractivity contribution >= 4 is 29.0 Å². The van der Waals surface area contributed by atoms with Gasteiger partial charge in [-0.3, -0.25) is 19.3 Å². The predicted octanol–water partition coefficient (Wildman–Crippen LogP) is 3.65. The van der Waals surface area contributed by atoms with Gasteiger partial charge in [-0.2, -0.15) is 0 Å². The van der Waals surface area contributed by atoms with Crippen molar-refractivity contribution in [2.75, 3.05) is 36.0 Å². The average Bonchev–Trinajstić information content (AvgIpc) is 3.18. The van der Waals surface area contributed by atoms with Gasteiger partial charge in [0.25, 0.3) is 5.91 Å². The van der Waals surface area contributed by atoms with Gasteiger partial charge in [0.2, 0.25) is 5.91 Å². The van der Waals surface area contributed by atoms with E-state index in [0.29, 0.717) is 43.0 Å². The lowest BCUT2D eigenvalue weighted by atomic mass is 10.0. The van der Waals surface area contributed by atoms with Crippen LogP contribution in [0.15, 0.2) is 72.8 Å². The summed E-state index contributed by atoms with van der Waals surface area (Å²) in [6, 6.07) is 17.6. The van der Waals surface area contributed by atoms with Crippen molar-refractivity contribution in [3.63, 3.8) is 0 Å². The van der Waals surface area contributed by atoms with E-state index in [4.69, 9.17) is 0 Å². The van der Waals surface area contributed by atoms with E-state index in [1.165, 1.54) is 48.5 Å². The Bertz CT molecular complexity index is 1250. The summed E-state index contributed by atoms with van der Waals surface area (Å²) in [5.74, 6) is -1.54. The monoisotopic (exact) mass is 475 g/mol. The van der Waals surface area contributed by atoms with Crippen LogP contribution in [0.2, 0.25) is 0 Å². The molecule has 6 nitrogen and oxygen atoms in total. The number of piperazine rings is 1. The minimum absolute atomic E-state index is 0.108.